The summed E-state index contributed by atoms with van der Waals surface area (Å²) in [6, 6.07) is 1.76. The first kappa shape index (κ1) is 8.19. The molecule has 0 bridgehead atoms. The van der Waals surface area contributed by atoms with Crippen molar-refractivity contribution in [3.63, 3.8) is 0 Å². The molecule has 0 aliphatic rings. The van der Waals surface area contributed by atoms with E-state index in [2.05, 4.69) is 15.0 Å². The maximum atomic E-state index is 5.83. The van der Waals surface area contributed by atoms with Crippen LogP contribution in [0.15, 0.2) is 18.6 Å². The maximum absolute atomic E-state index is 5.83. The molecule has 2 rings (SSSR count). The lowest BCUT2D eigenvalue weighted by atomic mass is 10.3. The van der Waals surface area contributed by atoms with E-state index in [0.29, 0.717) is 16.5 Å². The number of nitrogens with zero attached hydrogens (tertiary/aromatic N) is 3. The largest absolute Gasteiger partial charge is 0.480 e. The van der Waals surface area contributed by atoms with Gasteiger partial charge in [-0.3, -0.25) is 0 Å². The maximum Gasteiger partial charge on any atom is 0.224 e. The van der Waals surface area contributed by atoms with E-state index >= 15 is 0 Å². The van der Waals surface area contributed by atoms with Crippen molar-refractivity contribution < 1.29 is 4.74 Å². The van der Waals surface area contributed by atoms with E-state index in [1.54, 1.807) is 19.4 Å². The third kappa shape index (κ3) is 1.29. The lowest BCUT2D eigenvalue weighted by Gasteiger charge is -2.02. The molecule has 0 unspecified atom stereocenters. The second-order valence-electron chi connectivity index (χ2n) is 2.38. The lowest BCUT2D eigenvalue weighted by Crippen LogP contribution is -1.91. The number of pyridine rings is 1. The molecule has 0 saturated heterocycles. The molecule has 0 aromatic carbocycles. The van der Waals surface area contributed by atoms with E-state index in [-0.39, 0.29) is 0 Å². The van der Waals surface area contributed by atoms with Crippen LogP contribution in [0.3, 0.4) is 0 Å². The van der Waals surface area contributed by atoms with Gasteiger partial charge in [0.25, 0.3) is 0 Å². The van der Waals surface area contributed by atoms with Crippen molar-refractivity contribution in [3.8, 4) is 5.88 Å². The summed E-state index contributed by atoms with van der Waals surface area (Å²) >= 11 is 5.83. The van der Waals surface area contributed by atoms with Gasteiger partial charge in [0.05, 0.1) is 12.5 Å². The monoisotopic (exact) mass is 195 g/mol. The molecule has 66 valence electrons. The van der Waals surface area contributed by atoms with Gasteiger partial charge in [0.2, 0.25) is 5.88 Å². The molecule has 0 radical (unpaired) electrons. The van der Waals surface area contributed by atoms with E-state index in [9.17, 15) is 0 Å². The van der Waals surface area contributed by atoms with E-state index in [4.69, 9.17) is 16.3 Å². The number of aromatic nitrogens is 3. The molecule has 0 aliphatic carbocycles. The molecule has 2 heterocycles. The van der Waals surface area contributed by atoms with E-state index in [0.717, 1.165) is 5.39 Å². The fraction of sp³-hybridized carbons (Fsp3) is 0.125. The topological polar surface area (TPSA) is 47.9 Å². The van der Waals surface area contributed by atoms with Gasteiger partial charge in [-0.25, -0.2) is 15.0 Å². The Kier molecular flexibility index (Phi) is 1.98. The van der Waals surface area contributed by atoms with Gasteiger partial charge in [-0.1, -0.05) is 11.6 Å². The van der Waals surface area contributed by atoms with Gasteiger partial charge in [-0.2, -0.15) is 0 Å². The first-order valence-electron chi connectivity index (χ1n) is 3.62. The molecule has 0 N–H and O–H groups in total. The van der Waals surface area contributed by atoms with Crippen molar-refractivity contribution in [2.45, 2.75) is 0 Å². The minimum absolute atomic E-state index is 0.359. The second kappa shape index (κ2) is 3.14. The van der Waals surface area contributed by atoms with Crippen LogP contribution in [-0.4, -0.2) is 22.1 Å². The Hall–Kier alpha value is -1.42. The molecule has 0 spiro atoms. The Morgan fingerprint density at radius 2 is 2.15 bits per heavy atom. The summed E-state index contributed by atoms with van der Waals surface area (Å²) in [6.07, 6.45) is 2.99. The fourth-order valence-corrected chi connectivity index (χ4v) is 1.30. The molecule has 2 aromatic heterocycles. The van der Waals surface area contributed by atoms with Crippen LogP contribution in [0.25, 0.3) is 10.9 Å². The normalized spacial score (nSPS) is 10.3. The van der Waals surface area contributed by atoms with Gasteiger partial charge in [0.1, 0.15) is 11.8 Å². The average molecular weight is 196 g/mol. The highest BCUT2D eigenvalue weighted by Crippen LogP contribution is 2.24. The van der Waals surface area contributed by atoms with Crippen molar-refractivity contribution in [2.24, 2.45) is 0 Å². The van der Waals surface area contributed by atoms with Crippen molar-refractivity contribution >= 4 is 22.5 Å². The zero-order chi connectivity index (χ0) is 9.26. The number of rotatable bonds is 1. The number of halogens is 1. The number of ether oxygens (including phenoxy) is 1. The minimum atomic E-state index is 0.359. The highest BCUT2D eigenvalue weighted by molar-refractivity contribution is 6.33. The number of hydrogen-bond acceptors (Lipinski definition) is 4. The summed E-state index contributed by atoms with van der Waals surface area (Å²) in [4.78, 5) is 11.9. The van der Waals surface area contributed by atoms with Gasteiger partial charge in [0, 0.05) is 6.20 Å². The summed E-state index contributed by atoms with van der Waals surface area (Å²) in [7, 11) is 1.55. The van der Waals surface area contributed by atoms with Crippen molar-refractivity contribution in [3.05, 3.63) is 23.7 Å². The average Bonchev–Trinajstić information content (AvgIpc) is 2.18. The minimum Gasteiger partial charge on any atom is -0.480 e. The summed E-state index contributed by atoms with van der Waals surface area (Å²) in [5.41, 5.74) is 0.607. The van der Waals surface area contributed by atoms with E-state index in [1.165, 1.54) is 6.33 Å². The lowest BCUT2D eigenvalue weighted by molar-refractivity contribution is 0.402. The fourth-order valence-electron chi connectivity index (χ4n) is 1.10. The zero-order valence-corrected chi connectivity index (χ0v) is 7.62. The predicted molar refractivity (Wildman–Crippen MR) is 48.9 cm³/mol. The summed E-state index contributed by atoms with van der Waals surface area (Å²) in [5, 5.41) is 1.13. The third-order valence-corrected chi connectivity index (χ3v) is 1.94. The van der Waals surface area contributed by atoms with E-state index < -0.39 is 0 Å². The standard InChI is InChI=1S/C8H6ClN3O/c1-13-8-5-2-3-10-7(9)6(5)11-4-12-8/h2-4H,1H3. The van der Waals surface area contributed by atoms with Crippen molar-refractivity contribution in [1.82, 2.24) is 15.0 Å². The number of methoxy groups -OCH3 is 1. The van der Waals surface area contributed by atoms with Crippen LogP contribution in [0.1, 0.15) is 0 Å². The molecule has 0 aliphatic heterocycles. The first-order chi connectivity index (χ1) is 6.33. The Balaban J connectivity index is 2.84. The highest BCUT2D eigenvalue weighted by Gasteiger charge is 2.06. The molecule has 4 nitrogen and oxygen atoms in total. The molecular weight excluding hydrogens is 190 g/mol. The van der Waals surface area contributed by atoms with Crippen LogP contribution < -0.4 is 4.74 Å². The van der Waals surface area contributed by atoms with Crippen LogP contribution in [0.2, 0.25) is 5.15 Å². The van der Waals surface area contributed by atoms with Crippen LogP contribution in [0.4, 0.5) is 0 Å². The third-order valence-electron chi connectivity index (χ3n) is 1.67. The summed E-state index contributed by atoms with van der Waals surface area (Å²) in [5.74, 6) is 0.509. The Labute approximate surface area is 79.6 Å². The molecular formula is C8H6ClN3O. The zero-order valence-electron chi connectivity index (χ0n) is 6.86. The quantitative estimate of drug-likeness (QED) is 0.650. The molecule has 13 heavy (non-hydrogen) atoms. The first-order valence-corrected chi connectivity index (χ1v) is 4.00. The van der Waals surface area contributed by atoms with Crippen LogP contribution >= 0.6 is 11.6 Å². The van der Waals surface area contributed by atoms with Crippen LogP contribution in [0, 0.1) is 0 Å². The molecule has 0 amide bonds. The SMILES string of the molecule is COc1ncnc2c(Cl)nccc12. The number of hydrogen-bond donors (Lipinski definition) is 0. The van der Waals surface area contributed by atoms with Gasteiger partial charge >= 0.3 is 0 Å². The second-order valence-corrected chi connectivity index (χ2v) is 2.74. The Morgan fingerprint density at radius 1 is 1.31 bits per heavy atom. The summed E-state index contributed by atoms with van der Waals surface area (Å²) in [6.45, 7) is 0. The Morgan fingerprint density at radius 3 is 2.92 bits per heavy atom. The molecule has 0 fully saturated rings. The summed E-state index contributed by atoms with van der Waals surface area (Å²) < 4.78 is 5.04. The highest BCUT2D eigenvalue weighted by atomic mass is 35.5. The molecule has 0 saturated carbocycles. The molecule has 5 heteroatoms. The van der Waals surface area contributed by atoms with Crippen molar-refractivity contribution in [1.29, 1.82) is 0 Å². The number of fused-ring (bicyclic) bond motifs is 1. The Bertz CT molecular complexity index is 446. The van der Waals surface area contributed by atoms with Gasteiger partial charge in [-0.05, 0) is 6.07 Å². The van der Waals surface area contributed by atoms with Crippen LogP contribution in [-0.2, 0) is 0 Å². The smallest absolute Gasteiger partial charge is 0.224 e. The van der Waals surface area contributed by atoms with Gasteiger partial charge in [0.15, 0.2) is 5.15 Å². The van der Waals surface area contributed by atoms with Crippen LogP contribution in [0.5, 0.6) is 5.88 Å². The van der Waals surface area contributed by atoms with Gasteiger partial charge in [-0.15, -0.1) is 0 Å². The molecule has 0 atom stereocenters. The van der Waals surface area contributed by atoms with Crippen molar-refractivity contribution in [2.75, 3.05) is 7.11 Å². The molecule has 2 aromatic rings. The van der Waals surface area contributed by atoms with E-state index in [1.807, 2.05) is 0 Å². The van der Waals surface area contributed by atoms with Gasteiger partial charge < -0.3 is 4.74 Å². The predicted octanol–water partition coefficient (Wildman–Crippen LogP) is 1.69.